The lowest BCUT2D eigenvalue weighted by Gasteiger charge is -2.31. The Bertz CT molecular complexity index is 652. The van der Waals surface area contributed by atoms with Crippen LogP contribution >= 0.6 is 24.0 Å². The van der Waals surface area contributed by atoms with Gasteiger partial charge in [-0.25, -0.2) is 4.99 Å². The molecule has 1 unspecified atom stereocenters. The molecule has 7 heteroatoms. The van der Waals surface area contributed by atoms with Crippen LogP contribution in [0.25, 0.3) is 0 Å². The number of guanidine groups is 1. The van der Waals surface area contributed by atoms with Crippen molar-refractivity contribution in [3.05, 3.63) is 35.4 Å². The van der Waals surface area contributed by atoms with Crippen LogP contribution in [0, 0.1) is 5.92 Å². The van der Waals surface area contributed by atoms with E-state index in [4.69, 9.17) is 11.5 Å². The summed E-state index contributed by atoms with van der Waals surface area (Å²) >= 11 is 0. The largest absolute Gasteiger partial charge is 0.370 e. The van der Waals surface area contributed by atoms with Crippen molar-refractivity contribution in [2.45, 2.75) is 71.4 Å². The Balaban J connectivity index is 0.00000450. The second-order valence-corrected chi connectivity index (χ2v) is 8.19. The zero-order chi connectivity index (χ0) is 20.9. The third kappa shape index (κ3) is 10.6. The smallest absolute Gasteiger partial charge is 0.221 e. The number of hydrogen-bond acceptors (Lipinski definition) is 3. The fourth-order valence-electron chi connectivity index (χ4n) is 3.87. The highest BCUT2D eigenvalue weighted by Gasteiger charge is 2.23. The molecule has 0 spiro atoms. The number of carbonyl (C=O) groups is 1. The molecule has 6 nitrogen and oxygen atoms in total. The maximum atomic E-state index is 11.5. The van der Waals surface area contributed by atoms with Crippen LogP contribution in [0.2, 0.25) is 0 Å². The summed E-state index contributed by atoms with van der Waals surface area (Å²) in [5, 5.41) is 3.22. The molecule has 1 fully saturated rings. The van der Waals surface area contributed by atoms with E-state index < -0.39 is 0 Å². The van der Waals surface area contributed by atoms with Gasteiger partial charge in [0, 0.05) is 19.6 Å². The first-order valence-corrected chi connectivity index (χ1v) is 11.2. The van der Waals surface area contributed by atoms with Gasteiger partial charge in [-0.05, 0) is 36.9 Å². The predicted octanol–water partition coefficient (Wildman–Crippen LogP) is 3.77. The average molecular weight is 530 g/mol. The van der Waals surface area contributed by atoms with Gasteiger partial charge in [-0.2, -0.15) is 0 Å². The highest BCUT2D eigenvalue weighted by Crippen LogP contribution is 2.19. The molecular formula is C23H40IN5O. The molecule has 1 saturated heterocycles. The van der Waals surface area contributed by atoms with Gasteiger partial charge in [0.25, 0.3) is 0 Å². The second-order valence-electron chi connectivity index (χ2n) is 8.19. The zero-order valence-corrected chi connectivity index (χ0v) is 20.8. The molecule has 0 aromatic heterocycles. The summed E-state index contributed by atoms with van der Waals surface area (Å²) in [6.45, 7) is 6.31. The van der Waals surface area contributed by atoms with Crippen LogP contribution in [-0.4, -0.2) is 36.4 Å². The summed E-state index contributed by atoms with van der Waals surface area (Å²) in [6.07, 6.45) is 9.56. The van der Waals surface area contributed by atoms with E-state index in [2.05, 4.69) is 46.4 Å². The van der Waals surface area contributed by atoms with Crippen molar-refractivity contribution in [2.75, 3.05) is 19.6 Å². The molecule has 170 valence electrons. The number of piperidine rings is 1. The number of aliphatic imine (C=N–C) groups is 1. The van der Waals surface area contributed by atoms with Crippen molar-refractivity contribution in [3.63, 3.8) is 0 Å². The maximum Gasteiger partial charge on any atom is 0.221 e. The normalized spacial score (nSPS) is 17.4. The quantitative estimate of drug-likeness (QED) is 0.166. The predicted molar refractivity (Wildman–Crippen MR) is 136 cm³/mol. The summed E-state index contributed by atoms with van der Waals surface area (Å²) in [6, 6.07) is 8.45. The van der Waals surface area contributed by atoms with Gasteiger partial charge in [0.05, 0.1) is 12.5 Å². The van der Waals surface area contributed by atoms with Gasteiger partial charge < -0.3 is 16.8 Å². The Labute approximate surface area is 199 Å². The van der Waals surface area contributed by atoms with E-state index >= 15 is 0 Å². The minimum absolute atomic E-state index is 0. The summed E-state index contributed by atoms with van der Waals surface area (Å²) in [5.74, 6) is 0.320. The van der Waals surface area contributed by atoms with E-state index in [0.29, 0.717) is 12.5 Å². The molecule has 5 N–H and O–H groups in total. The monoisotopic (exact) mass is 529 g/mol. The van der Waals surface area contributed by atoms with Crippen LogP contribution in [-0.2, 0) is 17.9 Å². The van der Waals surface area contributed by atoms with Gasteiger partial charge in [0.15, 0.2) is 5.96 Å². The van der Waals surface area contributed by atoms with Gasteiger partial charge in [-0.15, -0.1) is 24.0 Å². The highest BCUT2D eigenvalue weighted by molar-refractivity contribution is 14.0. The van der Waals surface area contributed by atoms with Crippen LogP contribution in [0.5, 0.6) is 0 Å². The number of hydrogen-bond donors (Lipinski definition) is 3. The van der Waals surface area contributed by atoms with E-state index in [1.165, 1.54) is 37.7 Å². The second kappa shape index (κ2) is 15.5. The molecule has 1 atom stereocenters. The number of carbonyl (C=O) groups excluding carboxylic acids is 1. The summed E-state index contributed by atoms with van der Waals surface area (Å²) in [5.41, 5.74) is 13.9. The van der Waals surface area contributed by atoms with Crippen molar-refractivity contribution in [2.24, 2.45) is 22.4 Å². The molecule has 0 radical (unpaired) electrons. The van der Waals surface area contributed by atoms with Gasteiger partial charge in [0.1, 0.15) is 0 Å². The van der Waals surface area contributed by atoms with Crippen LogP contribution in [0.1, 0.15) is 69.4 Å². The number of nitrogens with one attached hydrogen (secondary N) is 1. The lowest BCUT2D eigenvalue weighted by molar-refractivity contribution is -0.123. The van der Waals surface area contributed by atoms with Crippen molar-refractivity contribution in [1.82, 2.24) is 10.2 Å². The zero-order valence-electron chi connectivity index (χ0n) is 18.4. The molecule has 0 aliphatic carbocycles. The first-order valence-electron chi connectivity index (χ1n) is 11.2. The number of nitrogens with two attached hydrogens (primary N) is 2. The number of halogens is 1. The third-order valence-electron chi connectivity index (χ3n) is 5.57. The van der Waals surface area contributed by atoms with Crippen molar-refractivity contribution >= 4 is 35.8 Å². The van der Waals surface area contributed by atoms with Gasteiger partial charge in [-0.3, -0.25) is 9.69 Å². The molecule has 1 heterocycles. The van der Waals surface area contributed by atoms with Gasteiger partial charge in [0.2, 0.25) is 5.91 Å². The number of primary amides is 1. The van der Waals surface area contributed by atoms with Crippen LogP contribution in [0.15, 0.2) is 29.3 Å². The van der Waals surface area contributed by atoms with Crippen LogP contribution in [0.4, 0.5) is 0 Å². The standard InChI is InChI=1S/C23H39N5O.HI/c1-2-3-4-5-6-7-13-26-23(25)27-16-19-10-8-11-20(15-19)17-28-14-9-12-21(18-28)22(24)29;/h8,10-11,15,21H,2-7,9,12-14,16-18H2,1H3,(H2,24,29)(H3,25,26,27);1H. The van der Waals surface area contributed by atoms with Crippen molar-refractivity contribution in [1.29, 1.82) is 0 Å². The Hall–Kier alpha value is -1.35. The maximum absolute atomic E-state index is 11.5. The lowest BCUT2D eigenvalue weighted by atomic mass is 9.97. The van der Waals surface area contributed by atoms with E-state index in [1.807, 2.05) is 0 Å². The summed E-state index contributed by atoms with van der Waals surface area (Å²) < 4.78 is 0. The minimum atomic E-state index is -0.179. The third-order valence-corrected chi connectivity index (χ3v) is 5.57. The Morgan fingerprint density at radius 3 is 2.67 bits per heavy atom. The van der Waals surface area contributed by atoms with Crippen molar-refractivity contribution < 1.29 is 4.79 Å². The SMILES string of the molecule is CCCCCCCCNC(N)=NCc1cccc(CN2CCCC(C(N)=O)C2)c1.I. The topological polar surface area (TPSA) is 96.7 Å². The van der Waals surface area contributed by atoms with Crippen LogP contribution < -0.4 is 16.8 Å². The fourth-order valence-corrected chi connectivity index (χ4v) is 3.87. The van der Waals surface area contributed by atoms with Crippen LogP contribution in [0.3, 0.4) is 0 Å². The molecule has 1 aliphatic rings. The van der Waals surface area contributed by atoms with E-state index in [1.54, 1.807) is 0 Å². The number of likely N-dealkylation sites (tertiary alicyclic amines) is 1. The molecule has 2 rings (SSSR count). The average Bonchev–Trinajstić information content (AvgIpc) is 2.72. The molecule has 1 aromatic carbocycles. The van der Waals surface area contributed by atoms with Crippen molar-refractivity contribution in [3.8, 4) is 0 Å². The number of benzene rings is 1. The molecular weight excluding hydrogens is 489 g/mol. The number of rotatable bonds is 12. The van der Waals surface area contributed by atoms with E-state index in [-0.39, 0.29) is 35.8 Å². The molecule has 1 aromatic rings. The fraction of sp³-hybridized carbons (Fsp3) is 0.652. The minimum Gasteiger partial charge on any atom is -0.370 e. The van der Waals surface area contributed by atoms with Gasteiger partial charge in [-0.1, -0.05) is 63.3 Å². The number of unbranched alkanes of at least 4 members (excludes halogenated alkanes) is 5. The Morgan fingerprint density at radius 1 is 1.17 bits per heavy atom. The highest BCUT2D eigenvalue weighted by atomic mass is 127. The number of amides is 1. The summed E-state index contributed by atoms with van der Waals surface area (Å²) in [7, 11) is 0. The summed E-state index contributed by atoms with van der Waals surface area (Å²) in [4.78, 5) is 18.3. The molecule has 0 saturated carbocycles. The van der Waals surface area contributed by atoms with E-state index in [9.17, 15) is 4.79 Å². The number of nitrogens with zero attached hydrogens (tertiary/aromatic N) is 2. The Morgan fingerprint density at radius 2 is 1.90 bits per heavy atom. The Kier molecular flexibility index (Phi) is 13.7. The molecule has 1 aliphatic heterocycles. The lowest BCUT2D eigenvalue weighted by Crippen LogP contribution is -2.40. The first kappa shape index (κ1) is 26.7. The van der Waals surface area contributed by atoms with Gasteiger partial charge >= 0.3 is 0 Å². The molecule has 1 amide bonds. The molecule has 0 bridgehead atoms. The molecule has 30 heavy (non-hydrogen) atoms. The van der Waals surface area contributed by atoms with E-state index in [0.717, 1.165) is 51.0 Å². The first-order chi connectivity index (χ1) is 14.1.